The highest BCUT2D eigenvalue weighted by atomic mass is 16.4. The topological polar surface area (TPSA) is 86.1 Å². The number of azide groups is 1. The maximum atomic E-state index is 11.0. The van der Waals surface area contributed by atoms with Gasteiger partial charge in [-0.25, -0.2) is 4.79 Å². The zero-order valence-electron chi connectivity index (χ0n) is 10.3. The van der Waals surface area contributed by atoms with Crippen LogP contribution in [0.25, 0.3) is 10.4 Å². The molecule has 1 aromatic rings. The van der Waals surface area contributed by atoms with E-state index < -0.39 is 5.97 Å². The molecular formula is C13H13N3O2. The molecule has 0 heterocycles. The van der Waals surface area contributed by atoms with Crippen molar-refractivity contribution >= 4 is 5.97 Å². The molecule has 92 valence electrons. The summed E-state index contributed by atoms with van der Waals surface area (Å²) in [5.41, 5.74) is 10.6. The average Bonchev–Trinajstić information content (AvgIpc) is 2.27. The molecule has 1 rings (SSSR count). The van der Waals surface area contributed by atoms with Crippen LogP contribution in [0.3, 0.4) is 0 Å². The smallest absolute Gasteiger partial charge is 0.336 e. The summed E-state index contributed by atoms with van der Waals surface area (Å²) in [5.74, 6) is 4.88. The van der Waals surface area contributed by atoms with Gasteiger partial charge in [0.05, 0.1) is 5.56 Å². The van der Waals surface area contributed by atoms with E-state index in [4.69, 9.17) is 10.6 Å². The summed E-state index contributed by atoms with van der Waals surface area (Å²) < 4.78 is 0. The van der Waals surface area contributed by atoms with Gasteiger partial charge in [-0.1, -0.05) is 17.0 Å². The molecule has 0 saturated heterocycles. The molecule has 0 saturated carbocycles. The van der Waals surface area contributed by atoms with E-state index in [2.05, 4.69) is 21.9 Å². The van der Waals surface area contributed by atoms with E-state index in [1.54, 1.807) is 26.0 Å². The molecule has 0 fully saturated rings. The Morgan fingerprint density at radius 1 is 1.44 bits per heavy atom. The summed E-state index contributed by atoms with van der Waals surface area (Å²) >= 11 is 0. The van der Waals surface area contributed by atoms with Gasteiger partial charge in [0.25, 0.3) is 0 Å². The fraction of sp³-hybridized carbons (Fsp3) is 0.308. The molecule has 0 aliphatic heterocycles. The van der Waals surface area contributed by atoms with Crippen LogP contribution in [-0.2, 0) is 0 Å². The van der Waals surface area contributed by atoms with Crippen LogP contribution in [-0.4, -0.2) is 17.6 Å². The molecular weight excluding hydrogens is 230 g/mol. The van der Waals surface area contributed by atoms with Gasteiger partial charge >= 0.3 is 5.97 Å². The van der Waals surface area contributed by atoms with Gasteiger partial charge in [-0.05, 0) is 42.6 Å². The van der Waals surface area contributed by atoms with Crippen molar-refractivity contribution in [2.75, 3.05) is 6.54 Å². The van der Waals surface area contributed by atoms with Crippen molar-refractivity contribution in [2.45, 2.75) is 20.3 Å². The third kappa shape index (κ3) is 3.55. The Morgan fingerprint density at radius 2 is 2.06 bits per heavy atom. The van der Waals surface area contributed by atoms with Gasteiger partial charge in [-0.3, -0.25) is 0 Å². The Bertz CT molecular complexity index is 553. The maximum Gasteiger partial charge on any atom is 0.336 e. The molecule has 0 aliphatic rings. The Labute approximate surface area is 105 Å². The van der Waals surface area contributed by atoms with Crippen molar-refractivity contribution in [3.05, 3.63) is 44.8 Å². The van der Waals surface area contributed by atoms with E-state index >= 15 is 0 Å². The van der Waals surface area contributed by atoms with Crippen LogP contribution in [0.1, 0.15) is 33.5 Å². The quantitative estimate of drug-likeness (QED) is 0.291. The van der Waals surface area contributed by atoms with Gasteiger partial charge in [0.2, 0.25) is 0 Å². The zero-order valence-corrected chi connectivity index (χ0v) is 10.3. The monoisotopic (exact) mass is 243 g/mol. The second-order valence-electron chi connectivity index (χ2n) is 3.80. The fourth-order valence-corrected chi connectivity index (χ4v) is 1.69. The highest BCUT2D eigenvalue weighted by molar-refractivity contribution is 5.91. The Hall–Kier alpha value is -2.44. The first-order valence-corrected chi connectivity index (χ1v) is 5.40. The summed E-state index contributed by atoms with van der Waals surface area (Å²) in [6, 6.07) is 3.49. The molecule has 5 heteroatoms. The largest absolute Gasteiger partial charge is 0.478 e. The molecule has 18 heavy (non-hydrogen) atoms. The number of benzene rings is 1. The predicted molar refractivity (Wildman–Crippen MR) is 68.4 cm³/mol. The third-order valence-corrected chi connectivity index (χ3v) is 2.38. The molecule has 0 bridgehead atoms. The maximum absolute atomic E-state index is 11.0. The van der Waals surface area contributed by atoms with Crippen LogP contribution in [0.5, 0.6) is 0 Å². The first-order valence-electron chi connectivity index (χ1n) is 5.40. The number of rotatable bonds is 3. The van der Waals surface area contributed by atoms with Crippen LogP contribution >= 0.6 is 0 Å². The van der Waals surface area contributed by atoms with Gasteiger partial charge in [-0.2, -0.15) is 0 Å². The number of nitrogens with zero attached hydrogens (tertiary/aromatic N) is 3. The molecule has 0 amide bonds. The van der Waals surface area contributed by atoms with Crippen LogP contribution in [0.2, 0.25) is 0 Å². The molecule has 0 aromatic heterocycles. The minimum absolute atomic E-state index is 0.328. The van der Waals surface area contributed by atoms with E-state index in [1.165, 1.54) is 0 Å². The second kappa shape index (κ2) is 6.33. The van der Waals surface area contributed by atoms with E-state index in [-0.39, 0.29) is 0 Å². The summed E-state index contributed by atoms with van der Waals surface area (Å²) in [6.07, 6.45) is 0.489. The first-order chi connectivity index (χ1) is 8.56. The van der Waals surface area contributed by atoms with E-state index in [0.29, 0.717) is 29.7 Å². The summed E-state index contributed by atoms with van der Waals surface area (Å²) in [4.78, 5) is 13.6. The Balaban J connectivity index is 2.93. The lowest BCUT2D eigenvalue weighted by atomic mass is 9.99. The van der Waals surface area contributed by atoms with Crippen molar-refractivity contribution < 1.29 is 9.90 Å². The van der Waals surface area contributed by atoms with Crippen molar-refractivity contribution in [1.29, 1.82) is 0 Å². The van der Waals surface area contributed by atoms with Crippen LogP contribution in [0, 0.1) is 25.7 Å². The number of aromatic carboxylic acids is 1. The normalized spacial score (nSPS) is 9.00. The van der Waals surface area contributed by atoms with E-state index in [9.17, 15) is 4.79 Å². The number of carboxylic acids is 1. The summed E-state index contributed by atoms with van der Waals surface area (Å²) in [7, 11) is 0. The molecule has 0 spiro atoms. The average molecular weight is 243 g/mol. The Kier molecular flexibility index (Phi) is 4.79. The minimum Gasteiger partial charge on any atom is -0.478 e. The van der Waals surface area contributed by atoms with Crippen molar-refractivity contribution in [3.63, 3.8) is 0 Å². The van der Waals surface area contributed by atoms with E-state index in [0.717, 1.165) is 5.56 Å². The highest BCUT2D eigenvalue weighted by Crippen LogP contribution is 2.16. The lowest BCUT2D eigenvalue weighted by Crippen LogP contribution is -2.03. The molecule has 0 unspecified atom stereocenters. The molecule has 0 radical (unpaired) electrons. The van der Waals surface area contributed by atoms with E-state index in [1.807, 2.05) is 0 Å². The lowest BCUT2D eigenvalue weighted by molar-refractivity contribution is 0.0695. The zero-order chi connectivity index (χ0) is 13.5. The fourth-order valence-electron chi connectivity index (χ4n) is 1.69. The summed E-state index contributed by atoms with van der Waals surface area (Å²) in [6.45, 7) is 3.85. The number of hydrogen-bond acceptors (Lipinski definition) is 2. The Morgan fingerprint density at radius 3 is 2.56 bits per heavy atom. The van der Waals surface area contributed by atoms with Gasteiger partial charge in [-0.15, -0.1) is 0 Å². The molecule has 0 aliphatic carbocycles. The van der Waals surface area contributed by atoms with Gasteiger partial charge in [0, 0.05) is 23.4 Å². The number of carboxylic acid groups (broad SMARTS) is 1. The number of aryl methyl sites for hydroxylation is 2. The lowest BCUT2D eigenvalue weighted by Gasteiger charge is -2.05. The van der Waals surface area contributed by atoms with Crippen LogP contribution in [0.4, 0.5) is 0 Å². The summed E-state index contributed by atoms with van der Waals surface area (Å²) in [5, 5.41) is 12.4. The number of hydrogen-bond donors (Lipinski definition) is 1. The molecule has 0 atom stereocenters. The molecule has 1 aromatic carbocycles. The standard InChI is InChI=1S/C13H13N3O2/c1-9-7-11(5-3-4-6-15-16-14)8-10(2)12(9)13(17)18/h7-8H,4,6H2,1-2H3,(H,17,18). The third-order valence-electron chi connectivity index (χ3n) is 2.38. The minimum atomic E-state index is -0.923. The van der Waals surface area contributed by atoms with Gasteiger partial charge in [0.1, 0.15) is 0 Å². The van der Waals surface area contributed by atoms with Crippen LogP contribution in [0.15, 0.2) is 17.2 Å². The van der Waals surface area contributed by atoms with Crippen molar-refractivity contribution in [1.82, 2.24) is 0 Å². The second-order valence-corrected chi connectivity index (χ2v) is 3.80. The van der Waals surface area contributed by atoms with Gasteiger partial charge in [0.15, 0.2) is 0 Å². The molecule has 1 N–H and O–H groups in total. The molecule has 5 nitrogen and oxygen atoms in total. The number of carbonyl (C=O) groups is 1. The SMILES string of the molecule is Cc1cc(C#CCCN=[N+]=[N-])cc(C)c1C(=O)O. The first kappa shape index (κ1) is 13.6. The van der Waals surface area contributed by atoms with Crippen LogP contribution < -0.4 is 0 Å². The highest BCUT2D eigenvalue weighted by Gasteiger charge is 2.10. The van der Waals surface area contributed by atoms with Gasteiger partial charge < -0.3 is 5.11 Å². The van der Waals surface area contributed by atoms with Crippen molar-refractivity contribution in [3.8, 4) is 11.8 Å². The predicted octanol–water partition coefficient (Wildman–Crippen LogP) is 3.05. The van der Waals surface area contributed by atoms with Crippen molar-refractivity contribution in [2.24, 2.45) is 5.11 Å².